The summed E-state index contributed by atoms with van der Waals surface area (Å²) in [6, 6.07) is 0. The molecule has 1 aliphatic rings. The first-order valence-electron chi connectivity index (χ1n) is 3.96. The lowest BCUT2D eigenvalue weighted by molar-refractivity contribution is 0.454. The molecule has 0 saturated heterocycles. The van der Waals surface area contributed by atoms with Crippen molar-refractivity contribution >= 4 is 0 Å². The van der Waals surface area contributed by atoms with E-state index < -0.39 is 0 Å². The van der Waals surface area contributed by atoms with Gasteiger partial charge in [-0.25, -0.2) is 4.98 Å². The van der Waals surface area contributed by atoms with Crippen LogP contribution in [0.25, 0.3) is 0 Å². The van der Waals surface area contributed by atoms with Crippen molar-refractivity contribution < 1.29 is 4.42 Å². The third-order valence-electron chi connectivity index (χ3n) is 2.22. The standard InChI is InChI=1S/C8H12N2O/c1-5-2-6(5)7-4-10-8(3-9)11-7/h4-6H,2-3,9H2,1H3. The summed E-state index contributed by atoms with van der Waals surface area (Å²) < 4.78 is 5.39. The molecule has 1 aromatic rings. The molecule has 2 atom stereocenters. The van der Waals surface area contributed by atoms with Crippen molar-refractivity contribution in [1.29, 1.82) is 0 Å². The van der Waals surface area contributed by atoms with Crippen LogP contribution in [0, 0.1) is 5.92 Å². The third kappa shape index (κ3) is 1.16. The maximum atomic E-state index is 5.39. The number of nitrogens with two attached hydrogens (primary N) is 1. The van der Waals surface area contributed by atoms with Crippen LogP contribution < -0.4 is 5.73 Å². The predicted octanol–water partition coefficient (Wildman–Crippen LogP) is 1.26. The highest BCUT2D eigenvalue weighted by Crippen LogP contribution is 2.46. The molecule has 1 heterocycles. The van der Waals surface area contributed by atoms with E-state index in [1.807, 2.05) is 0 Å². The Morgan fingerprint density at radius 2 is 2.55 bits per heavy atom. The van der Waals surface area contributed by atoms with E-state index in [0.29, 0.717) is 18.4 Å². The highest BCUT2D eigenvalue weighted by atomic mass is 16.4. The predicted molar refractivity (Wildman–Crippen MR) is 40.9 cm³/mol. The maximum absolute atomic E-state index is 5.39. The molecule has 0 radical (unpaired) electrons. The summed E-state index contributed by atoms with van der Waals surface area (Å²) in [5.41, 5.74) is 5.36. The van der Waals surface area contributed by atoms with Gasteiger partial charge < -0.3 is 10.2 Å². The highest BCUT2D eigenvalue weighted by Gasteiger charge is 2.36. The Labute approximate surface area is 65.6 Å². The fraction of sp³-hybridized carbons (Fsp3) is 0.625. The van der Waals surface area contributed by atoms with Crippen molar-refractivity contribution in [1.82, 2.24) is 4.98 Å². The van der Waals surface area contributed by atoms with Gasteiger partial charge in [0.2, 0.25) is 5.89 Å². The summed E-state index contributed by atoms with van der Waals surface area (Å²) in [6.07, 6.45) is 3.04. The SMILES string of the molecule is CC1CC1c1cnc(CN)o1. The number of hydrogen-bond donors (Lipinski definition) is 1. The molecule has 11 heavy (non-hydrogen) atoms. The fourth-order valence-corrected chi connectivity index (χ4v) is 1.31. The van der Waals surface area contributed by atoms with Crippen molar-refractivity contribution in [3.05, 3.63) is 17.8 Å². The minimum Gasteiger partial charge on any atom is -0.444 e. The van der Waals surface area contributed by atoms with Crippen molar-refractivity contribution in [2.45, 2.75) is 25.8 Å². The zero-order valence-corrected chi connectivity index (χ0v) is 6.58. The van der Waals surface area contributed by atoms with E-state index in [0.717, 1.165) is 11.7 Å². The van der Waals surface area contributed by atoms with Crippen molar-refractivity contribution in [2.75, 3.05) is 0 Å². The van der Waals surface area contributed by atoms with Gasteiger partial charge in [0, 0.05) is 5.92 Å². The van der Waals surface area contributed by atoms with Gasteiger partial charge in [-0.3, -0.25) is 0 Å². The minimum absolute atomic E-state index is 0.404. The molecule has 1 aliphatic carbocycles. The van der Waals surface area contributed by atoms with E-state index in [4.69, 9.17) is 10.2 Å². The normalized spacial score (nSPS) is 28.9. The molecular formula is C8H12N2O. The average molecular weight is 152 g/mol. The summed E-state index contributed by atoms with van der Waals surface area (Å²) in [6.45, 7) is 2.62. The second-order valence-corrected chi connectivity index (χ2v) is 3.18. The van der Waals surface area contributed by atoms with Gasteiger partial charge in [0.05, 0.1) is 12.7 Å². The van der Waals surface area contributed by atoms with Gasteiger partial charge in [-0.2, -0.15) is 0 Å². The van der Waals surface area contributed by atoms with Gasteiger partial charge >= 0.3 is 0 Å². The first kappa shape index (κ1) is 6.85. The number of hydrogen-bond acceptors (Lipinski definition) is 3. The van der Waals surface area contributed by atoms with E-state index in [9.17, 15) is 0 Å². The molecular weight excluding hydrogens is 140 g/mol. The molecule has 2 unspecified atom stereocenters. The molecule has 60 valence electrons. The topological polar surface area (TPSA) is 52.0 Å². The van der Waals surface area contributed by atoms with Crippen LogP contribution in [-0.2, 0) is 6.54 Å². The minimum atomic E-state index is 0.404. The van der Waals surface area contributed by atoms with Gasteiger partial charge in [-0.05, 0) is 12.3 Å². The van der Waals surface area contributed by atoms with E-state index in [1.165, 1.54) is 6.42 Å². The van der Waals surface area contributed by atoms with Crippen molar-refractivity contribution in [2.24, 2.45) is 11.7 Å². The number of aromatic nitrogens is 1. The summed E-state index contributed by atoms with van der Waals surface area (Å²) in [7, 11) is 0. The zero-order valence-electron chi connectivity index (χ0n) is 6.58. The first-order valence-corrected chi connectivity index (χ1v) is 3.96. The van der Waals surface area contributed by atoms with E-state index in [1.54, 1.807) is 6.20 Å². The molecule has 2 N–H and O–H groups in total. The van der Waals surface area contributed by atoms with Gasteiger partial charge in [-0.1, -0.05) is 6.92 Å². The molecule has 1 aromatic heterocycles. The average Bonchev–Trinajstić information content (AvgIpc) is 2.59. The molecule has 1 saturated carbocycles. The van der Waals surface area contributed by atoms with Crippen LogP contribution in [0.4, 0.5) is 0 Å². The fourth-order valence-electron chi connectivity index (χ4n) is 1.31. The van der Waals surface area contributed by atoms with Crippen LogP contribution in [0.1, 0.15) is 30.9 Å². The third-order valence-corrected chi connectivity index (χ3v) is 2.22. The largest absolute Gasteiger partial charge is 0.444 e. The van der Waals surface area contributed by atoms with Crippen LogP contribution in [0.5, 0.6) is 0 Å². The van der Waals surface area contributed by atoms with Gasteiger partial charge in [0.25, 0.3) is 0 Å². The Balaban J connectivity index is 2.13. The summed E-state index contributed by atoms with van der Waals surface area (Å²) >= 11 is 0. The molecule has 3 heteroatoms. The Bertz CT molecular complexity index is 256. The zero-order chi connectivity index (χ0) is 7.84. The molecule has 0 aromatic carbocycles. The second-order valence-electron chi connectivity index (χ2n) is 3.18. The van der Waals surface area contributed by atoms with Gasteiger partial charge in [-0.15, -0.1) is 0 Å². The number of rotatable bonds is 2. The molecule has 3 nitrogen and oxygen atoms in total. The molecule has 0 aliphatic heterocycles. The molecule has 1 fully saturated rings. The van der Waals surface area contributed by atoms with E-state index in [2.05, 4.69) is 11.9 Å². The van der Waals surface area contributed by atoms with Crippen LogP contribution in [0.3, 0.4) is 0 Å². The summed E-state index contributed by atoms with van der Waals surface area (Å²) in [5.74, 6) is 3.05. The Morgan fingerprint density at radius 3 is 3.00 bits per heavy atom. The summed E-state index contributed by atoms with van der Waals surface area (Å²) in [4.78, 5) is 4.04. The van der Waals surface area contributed by atoms with Gasteiger partial charge in [0.1, 0.15) is 5.76 Å². The van der Waals surface area contributed by atoms with Crippen molar-refractivity contribution in [3.8, 4) is 0 Å². The molecule has 0 amide bonds. The van der Waals surface area contributed by atoms with Crippen molar-refractivity contribution in [3.63, 3.8) is 0 Å². The summed E-state index contributed by atoms with van der Waals surface area (Å²) in [5, 5.41) is 0. The highest BCUT2D eigenvalue weighted by molar-refractivity contribution is 5.11. The lowest BCUT2D eigenvalue weighted by Crippen LogP contribution is -1.94. The Hall–Kier alpha value is -0.830. The van der Waals surface area contributed by atoms with Crippen LogP contribution in [0.15, 0.2) is 10.6 Å². The van der Waals surface area contributed by atoms with Crippen LogP contribution in [0.2, 0.25) is 0 Å². The number of oxazole rings is 1. The Kier molecular flexibility index (Phi) is 1.46. The second kappa shape index (κ2) is 2.34. The lowest BCUT2D eigenvalue weighted by Gasteiger charge is -1.88. The first-order chi connectivity index (χ1) is 5.31. The monoisotopic (exact) mass is 152 g/mol. The smallest absolute Gasteiger partial charge is 0.208 e. The van der Waals surface area contributed by atoms with Crippen LogP contribution >= 0.6 is 0 Å². The number of nitrogens with zero attached hydrogens (tertiary/aromatic N) is 1. The molecule has 0 spiro atoms. The Morgan fingerprint density at radius 1 is 1.82 bits per heavy atom. The molecule has 0 bridgehead atoms. The van der Waals surface area contributed by atoms with Gasteiger partial charge in [0.15, 0.2) is 0 Å². The maximum Gasteiger partial charge on any atom is 0.208 e. The van der Waals surface area contributed by atoms with E-state index >= 15 is 0 Å². The van der Waals surface area contributed by atoms with E-state index in [-0.39, 0.29) is 0 Å². The lowest BCUT2D eigenvalue weighted by atomic mass is 10.3. The quantitative estimate of drug-likeness (QED) is 0.694. The molecule has 2 rings (SSSR count). The van der Waals surface area contributed by atoms with Crippen LogP contribution in [-0.4, -0.2) is 4.98 Å².